The normalized spacial score (nSPS) is 8.90. The Balaban J connectivity index is -0.000000251. The van der Waals surface area contributed by atoms with E-state index in [0.29, 0.717) is 17.8 Å². The monoisotopic (exact) mass is 323 g/mol. The van der Waals surface area contributed by atoms with Gasteiger partial charge in [0.05, 0.1) is 11.4 Å². The van der Waals surface area contributed by atoms with E-state index in [-0.39, 0.29) is 12.3 Å². The summed E-state index contributed by atoms with van der Waals surface area (Å²) in [6, 6.07) is 1.63. The molecule has 0 spiro atoms. The van der Waals surface area contributed by atoms with Crippen LogP contribution in [-0.2, 0) is 10.0 Å². The van der Waals surface area contributed by atoms with Crippen molar-refractivity contribution < 1.29 is 13.2 Å². The third kappa shape index (κ3) is 14.8. The number of aromatic nitrogens is 2. The van der Waals surface area contributed by atoms with E-state index in [1.165, 1.54) is 7.05 Å². The van der Waals surface area contributed by atoms with Crippen LogP contribution in [-0.4, -0.2) is 51.3 Å². The van der Waals surface area contributed by atoms with Crippen LogP contribution in [0.4, 0.5) is 5.82 Å². The molecule has 126 valence electrons. The number of carbonyl (C=O) groups is 1. The minimum atomic E-state index is -3.04. The molecule has 0 radical (unpaired) electrons. The van der Waals surface area contributed by atoms with Crippen LogP contribution >= 0.6 is 0 Å². The molecule has 0 aliphatic rings. The van der Waals surface area contributed by atoms with Crippen LogP contribution in [0.5, 0.6) is 0 Å². The molecule has 0 atom stereocenters. The number of aldehydes is 1. The first kappa shape index (κ1) is 24.6. The van der Waals surface area contributed by atoms with E-state index in [9.17, 15) is 13.2 Å². The van der Waals surface area contributed by atoms with Crippen LogP contribution in [0.3, 0.4) is 0 Å². The third-order valence-electron chi connectivity index (χ3n) is 1.68. The number of aromatic amines is 1. The summed E-state index contributed by atoms with van der Waals surface area (Å²) in [5, 5.41) is 9.04. The second kappa shape index (κ2) is 16.6. The van der Waals surface area contributed by atoms with Crippen LogP contribution in [0.1, 0.15) is 38.2 Å². The highest BCUT2D eigenvalue weighted by atomic mass is 32.2. The van der Waals surface area contributed by atoms with Crippen LogP contribution in [0.15, 0.2) is 6.07 Å². The quantitative estimate of drug-likeness (QED) is 0.593. The Labute approximate surface area is 127 Å². The van der Waals surface area contributed by atoms with Gasteiger partial charge in [0.1, 0.15) is 5.82 Å². The van der Waals surface area contributed by atoms with Gasteiger partial charge in [-0.2, -0.15) is 5.10 Å². The van der Waals surface area contributed by atoms with Crippen molar-refractivity contribution in [1.29, 1.82) is 0 Å². The van der Waals surface area contributed by atoms with Gasteiger partial charge in [0.25, 0.3) is 0 Å². The number of H-pyrrole nitrogens is 1. The van der Waals surface area contributed by atoms with E-state index in [1.807, 2.05) is 27.7 Å². The van der Waals surface area contributed by atoms with E-state index in [2.05, 4.69) is 20.2 Å². The molecule has 0 saturated carbocycles. The summed E-state index contributed by atoms with van der Waals surface area (Å²) in [6.45, 7) is 8.17. The number of hydrogen-bond donors (Lipinski definition) is 4. The average Bonchev–Trinajstić information content (AvgIpc) is 3.00. The van der Waals surface area contributed by atoms with Gasteiger partial charge in [-0.25, -0.2) is 13.1 Å². The SMILES string of the molecule is CC.CC.CNS(=O)(=O)CCN.CNc1cc(C=O)[nH]n1. The number of nitrogens with zero attached hydrogens (tertiary/aromatic N) is 1. The van der Waals surface area contributed by atoms with Crippen molar-refractivity contribution in [3.63, 3.8) is 0 Å². The molecule has 0 aliphatic heterocycles. The lowest BCUT2D eigenvalue weighted by atomic mass is 10.5. The van der Waals surface area contributed by atoms with E-state index in [0.717, 1.165) is 0 Å². The first-order valence-corrected chi connectivity index (χ1v) is 8.44. The lowest BCUT2D eigenvalue weighted by Gasteiger charge is -1.95. The molecule has 21 heavy (non-hydrogen) atoms. The molecule has 5 N–H and O–H groups in total. The lowest BCUT2D eigenvalue weighted by molar-refractivity contribution is 0.111. The number of carbonyl (C=O) groups excluding carboxylic acids is 1. The number of sulfonamides is 1. The molecule has 8 nitrogen and oxygen atoms in total. The Morgan fingerprint density at radius 1 is 1.29 bits per heavy atom. The van der Waals surface area contributed by atoms with E-state index in [1.54, 1.807) is 13.1 Å². The smallest absolute Gasteiger partial charge is 0.212 e. The van der Waals surface area contributed by atoms with Gasteiger partial charge < -0.3 is 11.1 Å². The van der Waals surface area contributed by atoms with Crippen molar-refractivity contribution in [3.8, 4) is 0 Å². The van der Waals surface area contributed by atoms with Gasteiger partial charge in [-0.05, 0) is 7.05 Å². The Morgan fingerprint density at radius 2 is 1.81 bits per heavy atom. The number of rotatable bonds is 5. The Hall–Kier alpha value is -1.45. The van der Waals surface area contributed by atoms with Crippen molar-refractivity contribution in [2.45, 2.75) is 27.7 Å². The molecule has 1 rings (SSSR count). The van der Waals surface area contributed by atoms with Crippen molar-refractivity contribution in [3.05, 3.63) is 11.8 Å². The number of nitrogens with one attached hydrogen (secondary N) is 3. The molecule has 0 aliphatic carbocycles. The Bertz CT molecular complexity index is 432. The van der Waals surface area contributed by atoms with Crippen LogP contribution in [0, 0.1) is 0 Å². The topological polar surface area (TPSA) is 130 Å². The van der Waals surface area contributed by atoms with E-state index in [4.69, 9.17) is 5.73 Å². The van der Waals surface area contributed by atoms with Gasteiger partial charge in [0.2, 0.25) is 10.0 Å². The molecule has 0 saturated heterocycles. The average molecular weight is 323 g/mol. The molecule has 0 bridgehead atoms. The summed E-state index contributed by atoms with van der Waals surface area (Å²) >= 11 is 0. The van der Waals surface area contributed by atoms with Crippen LogP contribution < -0.4 is 15.8 Å². The maximum atomic E-state index is 10.4. The number of hydrogen-bond acceptors (Lipinski definition) is 6. The van der Waals surface area contributed by atoms with Crippen LogP contribution in [0.25, 0.3) is 0 Å². The second-order valence-electron chi connectivity index (χ2n) is 2.89. The molecule has 0 unspecified atom stereocenters. The zero-order valence-electron chi connectivity index (χ0n) is 13.7. The summed E-state index contributed by atoms with van der Waals surface area (Å²) in [4.78, 5) is 10.0. The number of nitrogens with two attached hydrogens (primary N) is 1. The van der Waals surface area contributed by atoms with Crippen molar-refractivity contribution in [2.24, 2.45) is 5.73 Å². The summed E-state index contributed by atoms with van der Waals surface area (Å²) in [5.74, 6) is 0.681. The largest absolute Gasteiger partial charge is 0.372 e. The summed E-state index contributed by atoms with van der Waals surface area (Å²) in [7, 11) is 0.0623. The zero-order chi connectivity index (χ0) is 17.3. The highest BCUT2D eigenvalue weighted by Gasteiger charge is 2.01. The third-order valence-corrected chi connectivity index (χ3v) is 3.07. The Morgan fingerprint density at radius 3 is 2.00 bits per heavy atom. The van der Waals surface area contributed by atoms with E-state index < -0.39 is 10.0 Å². The molecular weight excluding hydrogens is 294 g/mol. The lowest BCUT2D eigenvalue weighted by Crippen LogP contribution is -2.26. The highest BCUT2D eigenvalue weighted by molar-refractivity contribution is 7.89. The first-order valence-electron chi connectivity index (χ1n) is 6.78. The zero-order valence-corrected chi connectivity index (χ0v) is 14.5. The second-order valence-corrected chi connectivity index (χ2v) is 4.93. The minimum Gasteiger partial charge on any atom is -0.372 e. The van der Waals surface area contributed by atoms with Gasteiger partial charge >= 0.3 is 0 Å². The summed E-state index contributed by atoms with van der Waals surface area (Å²) in [5.41, 5.74) is 5.46. The van der Waals surface area contributed by atoms with Gasteiger partial charge in [0, 0.05) is 19.7 Å². The molecule has 1 aromatic heterocycles. The molecule has 0 amide bonds. The predicted molar refractivity (Wildman–Crippen MR) is 88.1 cm³/mol. The van der Waals surface area contributed by atoms with Crippen molar-refractivity contribution in [1.82, 2.24) is 14.9 Å². The summed E-state index contributed by atoms with van der Waals surface area (Å²) in [6.07, 6.45) is 0.716. The predicted octanol–water partition coefficient (Wildman–Crippen LogP) is 0.811. The fourth-order valence-corrected chi connectivity index (χ4v) is 1.30. The molecule has 0 fully saturated rings. The summed E-state index contributed by atoms with van der Waals surface area (Å²) < 4.78 is 23.0. The number of anilines is 1. The Kier molecular flexibility index (Phi) is 19.4. The molecule has 9 heteroatoms. The highest BCUT2D eigenvalue weighted by Crippen LogP contribution is 1.99. The van der Waals surface area contributed by atoms with Gasteiger partial charge in [0.15, 0.2) is 6.29 Å². The minimum absolute atomic E-state index is 0.00347. The van der Waals surface area contributed by atoms with Gasteiger partial charge in [-0.1, -0.05) is 27.7 Å². The standard InChI is InChI=1S/C5H7N3O.C3H10N2O2S.2C2H6/c1-6-5-2-4(3-9)7-8-5;1-5-8(6,7)3-2-4;2*1-2/h2-3H,1H3,(H2,6,7,8);5H,2-4H2,1H3;2*1-2H3. The van der Waals surface area contributed by atoms with E-state index >= 15 is 0 Å². The van der Waals surface area contributed by atoms with Crippen LogP contribution in [0.2, 0.25) is 0 Å². The van der Waals surface area contributed by atoms with Gasteiger partial charge in [-0.3, -0.25) is 9.89 Å². The first-order chi connectivity index (χ1) is 9.99. The van der Waals surface area contributed by atoms with Crippen molar-refractivity contribution in [2.75, 3.05) is 31.7 Å². The fourth-order valence-electron chi connectivity index (χ4n) is 0.782. The van der Waals surface area contributed by atoms with Gasteiger partial charge in [-0.15, -0.1) is 0 Å². The molecular formula is C12H29N5O3S. The maximum absolute atomic E-state index is 10.4. The molecule has 1 aromatic rings. The molecule has 1 heterocycles. The molecule has 0 aromatic carbocycles. The van der Waals surface area contributed by atoms with Crippen molar-refractivity contribution >= 4 is 22.1 Å². The fraction of sp³-hybridized carbons (Fsp3) is 0.667. The maximum Gasteiger partial charge on any atom is 0.212 e.